The Kier molecular flexibility index (Phi) is 22.7. The van der Waals surface area contributed by atoms with Gasteiger partial charge in [0, 0.05) is 33.5 Å². The predicted molar refractivity (Wildman–Crippen MR) is 65.4 cm³/mol. The Bertz CT molecular complexity index is 148. The van der Waals surface area contributed by atoms with Gasteiger partial charge in [0.2, 0.25) is 0 Å². The van der Waals surface area contributed by atoms with Gasteiger partial charge >= 0.3 is 29.6 Å². The number of rotatable bonds is 7. The van der Waals surface area contributed by atoms with E-state index in [1.54, 1.807) is 21.6 Å². The van der Waals surface area contributed by atoms with E-state index in [1.165, 1.54) is 25.8 Å². The smallest absolute Gasteiger partial charge is 0.529 e. The first-order chi connectivity index (χ1) is 6.20. The van der Waals surface area contributed by atoms with Gasteiger partial charge in [0.05, 0.1) is 0 Å². The standard InChI is InChI=1S/C5H12N2O2S4.Na.H2O/c1-3-10-12-7(6-5(8)9)13-11-4-2;;/h6H,3-4H2,1-2H3,(H,8,9);;1H2/q;+1;/p-1. The summed E-state index contributed by atoms with van der Waals surface area (Å²) in [4.78, 5) is 10.2. The van der Waals surface area contributed by atoms with Crippen LogP contribution < -0.4 is 40.1 Å². The first kappa shape index (κ1) is 21.8. The van der Waals surface area contributed by atoms with Crippen LogP contribution in [0.3, 0.4) is 0 Å². The topological polar surface area (TPSA) is 86.9 Å². The molecule has 0 heterocycles. The van der Waals surface area contributed by atoms with Crippen LogP contribution in [-0.4, -0.2) is 26.9 Å². The van der Waals surface area contributed by atoms with Gasteiger partial charge in [-0.2, -0.15) is 0 Å². The number of hydrogen-bond acceptors (Lipinski definition) is 7. The Balaban J connectivity index is -0.000000720. The summed E-state index contributed by atoms with van der Waals surface area (Å²) in [6.07, 6.45) is -1.28. The van der Waals surface area contributed by atoms with E-state index in [4.69, 9.17) is 0 Å². The molecule has 0 atom stereocenters. The summed E-state index contributed by atoms with van der Waals surface area (Å²) < 4.78 is 1.47. The normalized spacial score (nSPS) is 9.00. The monoisotopic (exact) mass is 300 g/mol. The molecule has 15 heavy (non-hydrogen) atoms. The summed E-state index contributed by atoms with van der Waals surface area (Å²) in [5.41, 5.74) is 2.17. The van der Waals surface area contributed by atoms with E-state index in [-0.39, 0.29) is 35.0 Å². The molecule has 0 unspecified atom stereocenters. The van der Waals surface area contributed by atoms with Gasteiger partial charge in [-0.15, -0.1) is 0 Å². The van der Waals surface area contributed by atoms with Gasteiger partial charge in [-0.1, -0.05) is 39.3 Å². The zero-order chi connectivity index (χ0) is 10.1. The molecule has 0 aromatic carbocycles. The van der Waals surface area contributed by atoms with Crippen LogP contribution in [0.25, 0.3) is 0 Å². The number of hydrogen-bond donors (Lipinski definition) is 1. The number of hydrazine groups is 1. The van der Waals surface area contributed by atoms with Crippen LogP contribution in [0.4, 0.5) is 4.79 Å². The van der Waals surface area contributed by atoms with E-state index in [2.05, 4.69) is 5.43 Å². The minimum atomic E-state index is -1.28. The van der Waals surface area contributed by atoms with Crippen LogP contribution in [0, 0.1) is 0 Å². The molecule has 86 valence electrons. The van der Waals surface area contributed by atoms with E-state index in [0.29, 0.717) is 0 Å². The number of carboxylic acid groups (broad SMARTS) is 1. The van der Waals surface area contributed by atoms with Crippen molar-refractivity contribution >= 4 is 49.6 Å². The van der Waals surface area contributed by atoms with Crippen LogP contribution in [0.2, 0.25) is 0 Å². The summed E-state index contributed by atoms with van der Waals surface area (Å²) in [6.45, 7) is 4.01. The van der Waals surface area contributed by atoms with Gasteiger partial charge in [0.25, 0.3) is 0 Å². The van der Waals surface area contributed by atoms with Crippen LogP contribution in [-0.2, 0) is 0 Å². The fraction of sp³-hybridized carbons (Fsp3) is 0.800. The van der Waals surface area contributed by atoms with Gasteiger partial charge in [-0.3, -0.25) is 5.43 Å². The van der Waals surface area contributed by atoms with E-state index < -0.39 is 6.09 Å². The number of carbonyl (C=O) groups is 1. The quantitative estimate of drug-likeness (QED) is 0.251. The molecule has 1 amide bonds. The van der Waals surface area contributed by atoms with Crippen LogP contribution in [0.5, 0.6) is 0 Å². The Morgan fingerprint density at radius 1 is 1.27 bits per heavy atom. The molecule has 0 aromatic rings. The summed E-state index contributed by atoms with van der Waals surface area (Å²) in [5.74, 6) is 1.85. The third-order valence-electron chi connectivity index (χ3n) is 0.659. The van der Waals surface area contributed by atoms with Crippen molar-refractivity contribution in [3.8, 4) is 0 Å². The van der Waals surface area contributed by atoms with Gasteiger partial charge in [-0.05, 0) is 0 Å². The van der Waals surface area contributed by atoms with Crippen LogP contribution >= 0.6 is 43.5 Å². The molecule has 0 bridgehead atoms. The molecule has 0 rings (SSSR count). The molecule has 0 fully saturated rings. The van der Waals surface area contributed by atoms with E-state index in [0.717, 1.165) is 11.5 Å². The molecule has 0 aliphatic carbocycles. The number of nitrogens with one attached hydrogen (secondary N) is 1. The maximum atomic E-state index is 10.2. The molecule has 10 heteroatoms. The first-order valence-electron chi connectivity index (χ1n) is 3.57. The molecule has 0 aliphatic heterocycles. The molecular formula is C5H13N2NaO3S4. The second kappa shape index (κ2) is 15.6. The summed E-state index contributed by atoms with van der Waals surface area (Å²) in [7, 11) is 5.83. The molecule has 0 saturated heterocycles. The molecule has 5 nitrogen and oxygen atoms in total. The van der Waals surface area contributed by atoms with Crippen molar-refractivity contribution in [1.29, 1.82) is 0 Å². The number of carbonyl (C=O) groups excluding carboxylic acids is 1. The Labute approximate surface area is 128 Å². The van der Waals surface area contributed by atoms with E-state index in [9.17, 15) is 9.90 Å². The third-order valence-corrected chi connectivity index (χ3v) is 5.75. The molecule has 0 aromatic heterocycles. The fourth-order valence-electron chi connectivity index (χ4n) is 0.325. The van der Waals surface area contributed by atoms with Gasteiger partial charge in [-0.25, -0.2) is 0 Å². The van der Waals surface area contributed by atoms with Crippen molar-refractivity contribution in [2.24, 2.45) is 0 Å². The van der Waals surface area contributed by atoms with Crippen molar-refractivity contribution in [2.75, 3.05) is 11.5 Å². The zero-order valence-electron chi connectivity index (χ0n) is 8.81. The van der Waals surface area contributed by atoms with Crippen molar-refractivity contribution in [3.05, 3.63) is 0 Å². The van der Waals surface area contributed by atoms with Crippen molar-refractivity contribution in [1.82, 2.24) is 9.25 Å². The molecule has 0 radical (unpaired) electrons. The molecule has 0 aliphatic rings. The minimum absolute atomic E-state index is 0. The van der Waals surface area contributed by atoms with Crippen LogP contribution in [0.15, 0.2) is 0 Å². The third kappa shape index (κ3) is 15.6. The van der Waals surface area contributed by atoms with E-state index >= 15 is 0 Å². The average molecular weight is 300 g/mol. The minimum Gasteiger partial charge on any atom is -0.529 e. The number of nitrogens with zero attached hydrogens (tertiary/aromatic N) is 1. The van der Waals surface area contributed by atoms with Gasteiger partial charge < -0.3 is 15.4 Å². The fourth-order valence-corrected chi connectivity index (χ4v) is 4.15. The predicted octanol–water partition coefficient (Wildman–Crippen LogP) is -2.05. The first-order valence-corrected chi connectivity index (χ1v) is 8.12. The second-order valence-corrected chi connectivity index (χ2v) is 6.81. The second-order valence-electron chi connectivity index (χ2n) is 1.62. The zero-order valence-corrected chi connectivity index (χ0v) is 14.1. The van der Waals surface area contributed by atoms with Crippen LogP contribution in [0.1, 0.15) is 13.8 Å². The Hall–Kier alpha value is 1.59. The summed E-state index contributed by atoms with van der Waals surface area (Å²) in [5, 5.41) is 10.2. The Morgan fingerprint density at radius 3 is 1.93 bits per heavy atom. The van der Waals surface area contributed by atoms with Crippen molar-refractivity contribution in [2.45, 2.75) is 13.8 Å². The SMILES string of the molecule is CCSSN(NC(=O)[O-])SSCC.O.[Na+]. The molecular weight excluding hydrogens is 287 g/mol. The Morgan fingerprint density at radius 2 is 1.67 bits per heavy atom. The van der Waals surface area contributed by atoms with E-state index in [1.807, 2.05) is 13.8 Å². The van der Waals surface area contributed by atoms with Crippen molar-refractivity contribution < 1.29 is 44.9 Å². The molecule has 0 saturated carbocycles. The summed E-state index contributed by atoms with van der Waals surface area (Å²) in [6, 6.07) is 0. The molecule has 0 spiro atoms. The molecule has 3 N–H and O–H groups in total. The largest absolute Gasteiger partial charge is 1.00 e. The maximum absolute atomic E-state index is 10.2. The number of amides is 1. The maximum Gasteiger partial charge on any atom is 1.00 e. The van der Waals surface area contributed by atoms with Crippen molar-refractivity contribution in [3.63, 3.8) is 0 Å². The summed E-state index contributed by atoms with van der Waals surface area (Å²) >= 11 is 0. The van der Waals surface area contributed by atoms with Gasteiger partial charge in [0.1, 0.15) is 0 Å². The van der Waals surface area contributed by atoms with Gasteiger partial charge in [0.15, 0.2) is 6.09 Å². The average Bonchev–Trinajstić information content (AvgIpc) is 2.09.